The van der Waals surface area contributed by atoms with Crippen LogP contribution < -0.4 is 10.6 Å². The maximum atomic E-state index is 13.2. The SMILES string of the molecule is Cc1ccc(Nc2ccc(-c3ccccc3C(F)(F)F)nc2)c(C(=O)O)c1.O=C(O)c1cc(C2CC2)ccc1Nc1ccc(-c2ccccc2)nc1. The number of carboxylic acid groups (broad SMARTS) is 2. The van der Waals surface area contributed by atoms with Gasteiger partial charge in [-0.2, -0.15) is 13.2 Å². The first-order valence-electron chi connectivity index (χ1n) is 16.4. The molecule has 0 spiro atoms. The average molecular weight is 703 g/mol. The lowest BCUT2D eigenvalue weighted by atomic mass is 10.0. The van der Waals surface area contributed by atoms with E-state index in [1.54, 1.807) is 37.4 Å². The number of aryl methyl sites for hydroxylation is 1. The van der Waals surface area contributed by atoms with Gasteiger partial charge >= 0.3 is 18.1 Å². The van der Waals surface area contributed by atoms with Crippen LogP contribution in [-0.4, -0.2) is 32.1 Å². The molecule has 0 saturated heterocycles. The van der Waals surface area contributed by atoms with Crippen molar-refractivity contribution in [3.05, 3.63) is 155 Å². The Morgan fingerprint density at radius 3 is 1.79 bits per heavy atom. The minimum Gasteiger partial charge on any atom is -0.478 e. The van der Waals surface area contributed by atoms with E-state index in [-0.39, 0.29) is 16.8 Å². The van der Waals surface area contributed by atoms with Crippen LogP contribution in [0.5, 0.6) is 0 Å². The van der Waals surface area contributed by atoms with Crippen molar-refractivity contribution in [3.8, 4) is 22.5 Å². The Bertz CT molecular complexity index is 2200. The molecule has 52 heavy (non-hydrogen) atoms. The van der Waals surface area contributed by atoms with Crippen molar-refractivity contribution >= 4 is 34.7 Å². The third-order valence-electron chi connectivity index (χ3n) is 8.39. The predicted molar refractivity (Wildman–Crippen MR) is 194 cm³/mol. The number of benzene rings is 4. The Hall–Kier alpha value is -6.49. The molecule has 7 rings (SSSR count). The molecule has 4 N–H and O–H groups in total. The van der Waals surface area contributed by atoms with Crippen molar-refractivity contribution in [3.63, 3.8) is 0 Å². The minimum absolute atomic E-state index is 0.0156. The first-order valence-corrected chi connectivity index (χ1v) is 16.4. The number of hydrogen-bond donors (Lipinski definition) is 4. The minimum atomic E-state index is -4.48. The van der Waals surface area contributed by atoms with E-state index in [0.29, 0.717) is 28.5 Å². The second-order valence-corrected chi connectivity index (χ2v) is 12.3. The Balaban J connectivity index is 0.000000179. The van der Waals surface area contributed by atoms with E-state index in [1.165, 1.54) is 36.5 Å². The van der Waals surface area contributed by atoms with Gasteiger partial charge in [-0.05, 0) is 85.8 Å². The van der Waals surface area contributed by atoms with Crippen LogP contribution in [0.2, 0.25) is 0 Å². The Kier molecular flexibility index (Phi) is 10.3. The van der Waals surface area contributed by atoms with Gasteiger partial charge in [0.2, 0.25) is 0 Å². The molecule has 0 aliphatic heterocycles. The van der Waals surface area contributed by atoms with E-state index in [1.807, 2.05) is 54.6 Å². The number of nitrogens with one attached hydrogen (secondary N) is 2. The molecule has 0 bridgehead atoms. The third kappa shape index (κ3) is 8.62. The number of aromatic carboxylic acids is 2. The number of anilines is 4. The van der Waals surface area contributed by atoms with Crippen LogP contribution >= 0.6 is 0 Å². The second kappa shape index (κ2) is 15.2. The summed E-state index contributed by atoms with van der Waals surface area (Å²) in [4.78, 5) is 31.5. The number of aromatic nitrogens is 2. The normalized spacial score (nSPS) is 12.3. The summed E-state index contributed by atoms with van der Waals surface area (Å²) < 4.78 is 39.5. The molecule has 0 atom stereocenters. The quantitative estimate of drug-likeness (QED) is 0.117. The molecule has 0 radical (unpaired) electrons. The lowest BCUT2D eigenvalue weighted by molar-refractivity contribution is -0.137. The Morgan fingerprint density at radius 1 is 0.673 bits per heavy atom. The highest BCUT2D eigenvalue weighted by Crippen LogP contribution is 2.41. The van der Waals surface area contributed by atoms with Gasteiger partial charge in [-0.1, -0.05) is 66.2 Å². The third-order valence-corrected chi connectivity index (χ3v) is 8.39. The summed E-state index contributed by atoms with van der Waals surface area (Å²) in [6.07, 6.45) is 0.914. The molecule has 262 valence electrons. The smallest absolute Gasteiger partial charge is 0.417 e. The van der Waals surface area contributed by atoms with E-state index in [2.05, 4.69) is 20.6 Å². The standard InChI is InChI=1S/C21H18N2O2.C20H15F3N2O2/c24-21(25)18-12-16(14-6-7-14)8-10-20(18)23-17-9-11-19(22-13-17)15-4-2-1-3-5-15;1-12-6-8-18(15(10-12)19(26)27)25-13-7-9-17(24-11-13)14-4-2-3-5-16(14)20(21,22)23/h1-5,8-14,23H,6-7H2,(H,24,25);2-11,25H,1H3,(H,26,27). The summed E-state index contributed by atoms with van der Waals surface area (Å²) in [6, 6.07) is 32.6. The van der Waals surface area contributed by atoms with E-state index < -0.39 is 23.7 Å². The zero-order valence-electron chi connectivity index (χ0n) is 27.9. The van der Waals surface area contributed by atoms with Gasteiger partial charge in [0, 0.05) is 11.1 Å². The molecule has 2 aromatic heterocycles. The van der Waals surface area contributed by atoms with E-state index in [4.69, 9.17) is 0 Å². The van der Waals surface area contributed by atoms with E-state index in [9.17, 15) is 33.0 Å². The second-order valence-electron chi connectivity index (χ2n) is 12.3. The largest absolute Gasteiger partial charge is 0.478 e. The number of pyridine rings is 2. The summed E-state index contributed by atoms with van der Waals surface area (Å²) in [5.41, 5.74) is 5.84. The summed E-state index contributed by atoms with van der Waals surface area (Å²) in [7, 11) is 0. The van der Waals surface area contributed by atoms with Crippen LogP contribution in [0, 0.1) is 6.92 Å². The fourth-order valence-electron chi connectivity index (χ4n) is 5.60. The molecule has 8 nitrogen and oxygen atoms in total. The van der Waals surface area contributed by atoms with E-state index >= 15 is 0 Å². The van der Waals surface area contributed by atoms with Crippen LogP contribution in [-0.2, 0) is 6.18 Å². The lowest BCUT2D eigenvalue weighted by Gasteiger charge is -2.13. The Labute approximate surface area is 297 Å². The van der Waals surface area contributed by atoms with Crippen LogP contribution in [0.25, 0.3) is 22.5 Å². The maximum absolute atomic E-state index is 13.2. The van der Waals surface area contributed by atoms with Gasteiger partial charge in [-0.25, -0.2) is 9.59 Å². The predicted octanol–water partition coefficient (Wildman–Crippen LogP) is 10.6. The van der Waals surface area contributed by atoms with Crippen molar-refractivity contribution in [1.29, 1.82) is 0 Å². The lowest BCUT2D eigenvalue weighted by Crippen LogP contribution is -2.07. The zero-order valence-corrected chi connectivity index (χ0v) is 27.9. The van der Waals surface area contributed by atoms with Gasteiger partial charge in [0.1, 0.15) is 0 Å². The molecule has 1 aliphatic rings. The number of carboxylic acids is 2. The molecule has 1 fully saturated rings. The van der Waals surface area contributed by atoms with Gasteiger partial charge < -0.3 is 20.8 Å². The van der Waals surface area contributed by atoms with Crippen molar-refractivity contribution < 1.29 is 33.0 Å². The molecule has 1 aliphatic carbocycles. The average Bonchev–Trinajstić information content (AvgIpc) is 3.99. The summed E-state index contributed by atoms with van der Waals surface area (Å²) >= 11 is 0. The van der Waals surface area contributed by atoms with Gasteiger partial charge in [0.05, 0.1) is 63.2 Å². The first-order chi connectivity index (χ1) is 25.0. The molecule has 4 aromatic carbocycles. The van der Waals surface area contributed by atoms with Crippen molar-refractivity contribution in [1.82, 2.24) is 9.97 Å². The number of rotatable bonds is 9. The highest BCUT2D eigenvalue weighted by molar-refractivity contribution is 5.96. The fourth-order valence-corrected chi connectivity index (χ4v) is 5.60. The number of carbonyl (C=O) groups is 2. The first kappa shape index (κ1) is 35.3. The summed E-state index contributed by atoms with van der Waals surface area (Å²) in [5.74, 6) is -1.47. The molecule has 0 unspecified atom stereocenters. The van der Waals surface area contributed by atoms with Crippen molar-refractivity contribution in [2.45, 2.75) is 31.9 Å². The number of hydrogen-bond acceptors (Lipinski definition) is 6. The fraction of sp³-hybridized carbons (Fsp3) is 0.122. The van der Waals surface area contributed by atoms with Gasteiger partial charge in [-0.3, -0.25) is 9.97 Å². The van der Waals surface area contributed by atoms with Crippen LogP contribution in [0.4, 0.5) is 35.9 Å². The van der Waals surface area contributed by atoms with Gasteiger partial charge in [0.25, 0.3) is 0 Å². The zero-order chi connectivity index (χ0) is 36.8. The monoisotopic (exact) mass is 702 g/mol. The van der Waals surface area contributed by atoms with E-state index in [0.717, 1.165) is 47.0 Å². The number of halogens is 3. The van der Waals surface area contributed by atoms with Crippen LogP contribution in [0.3, 0.4) is 0 Å². The highest BCUT2D eigenvalue weighted by atomic mass is 19.4. The van der Waals surface area contributed by atoms with Gasteiger partial charge in [0.15, 0.2) is 0 Å². The van der Waals surface area contributed by atoms with Crippen molar-refractivity contribution in [2.75, 3.05) is 10.6 Å². The molecule has 11 heteroatoms. The molecular formula is C41H33F3N4O4. The topological polar surface area (TPSA) is 124 Å². The molecular weight excluding hydrogens is 669 g/mol. The van der Waals surface area contributed by atoms with Crippen molar-refractivity contribution in [2.24, 2.45) is 0 Å². The number of nitrogens with zero attached hydrogens (tertiary/aromatic N) is 2. The Morgan fingerprint density at radius 2 is 1.23 bits per heavy atom. The summed E-state index contributed by atoms with van der Waals surface area (Å²) in [6.45, 7) is 1.78. The molecule has 6 aromatic rings. The van der Waals surface area contributed by atoms with Gasteiger partial charge in [-0.15, -0.1) is 0 Å². The maximum Gasteiger partial charge on any atom is 0.417 e. The highest BCUT2D eigenvalue weighted by Gasteiger charge is 2.33. The van der Waals surface area contributed by atoms with Crippen LogP contribution in [0.15, 0.2) is 128 Å². The molecule has 0 amide bonds. The molecule has 1 saturated carbocycles. The summed E-state index contributed by atoms with van der Waals surface area (Å²) in [5, 5.41) is 24.9. The molecule has 2 heterocycles. The number of alkyl halides is 3. The van der Waals surface area contributed by atoms with Crippen LogP contribution in [0.1, 0.15) is 56.2 Å².